The predicted molar refractivity (Wildman–Crippen MR) is 67.5 cm³/mol. The van der Waals surface area contributed by atoms with Gasteiger partial charge in [-0.2, -0.15) is 5.26 Å². The van der Waals surface area contributed by atoms with Crippen molar-refractivity contribution in [1.82, 2.24) is 5.32 Å². The Hall–Kier alpha value is -2.09. The Balaban J connectivity index is 2.47. The van der Waals surface area contributed by atoms with E-state index in [9.17, 15) is 9.18 Å². The molecule has 0 radical (unpaired) electrons. The van der Waals surface area contributed by atoms with Crippen LogP contribution in [0.4, 0.5) is 10.1 Å². The number of rotatable bonds is 5. The molecule has 0 spiro atoms. The minimum atomic E-state index is -0.469. The van der Waals surface area contributed by atoms with Crippen molar-refractivity contribution >= 4 is 11.6 Å². The van der Waals surface area contributed by atoms with Gasteiger partial charge in [-0.25, -0.2) is 4.39 Å². The smallest absolute Gasteiger partial charge is 0.221 e. The number of halogens is 1. The molecule has 0 unspecified atom stereocenters. The second kappa shape index (κ2) is 6.60. The van der Waals surface area contributed by atoms with Gasteiger partial charge in [0.25, 0.3) is 0 Å². The molecule has 0 aromatic heterocycles. The van der Waals surface area contributed by atoms with Crippen LogP contribution in [0, 0.1) is 17.1 Å². The molecule has 0 aliphatic carbocycles. The van der Waals surface area contributed by atoms with Crippen LogP contribution in [0.5, 0.6) is 0 Å². The van der Waals surface area contributed by atoms with E-state index in [1.165, 1.54) is 6.07 Å². The van der Waals surface area contributed by atoms with Crippen molar-refractivity contribution in [3.63, 3.8) is 0 Å². The van der Waals surface area contributed by atoms with Gasteiger partial charge in [-0.05, 0) is 32.0 Å². The van der Waals surface area contributed by atoms with Crippen molar-refractivity contribution in [3.05, 3.63) is 29.6 Å². The molecular formula is C13H16FN3O. The number of nitrogens with zero attached hydrogens (tertiary/aromatic N) is 1. The number of hydrogen-bond donors (Lipinski definition) is 2. The Morgan fingerprint density at radius 2 is 2.17 bits per heavy atom. The number of nitriles is 1. The highest BCUT2D eigenvalue weighted by atomic mass is 19.1. The van der Waals surface area contributed by atoms with E-state index in [4.69, 9.17) is 5.26 Å². The van der Waals surface area contributed by atoms with Gasteiger partial charge in [0.2, 0.25) is 5.91 Å². The highest BCUT2D eigenvalue weighted by Crippen LogP contribution is 2.13. The molecule has 0 atom stereocenters. The van der Waals surface area contributed by atoms with Crippen LogP contribution in [0.2, 0.25) is 0 Å². The Morgan fingerprint density at radius 3 is 2.78 bits per heavy atom. The molecule has 4 nitrogen and oxygen atoms in total. The maximum atomic E-state index is 13.1. The van der Waals surface area contributed by atoms with E-state index in [1.807, 2.05) is 19.9 Å². The summed E-state index contributed by atoms with van der Waals surface area (Å²) >= 11 is 0. The molecule has 1 aromatic carbocycles. The van der Waals surface area contributed by atoms with Crippen molar-refractivity contribution in [2.24, 2.45) is 0 Å². The lowest BCUT2D eigenvalue weighted by molar-refractivity contribution is -0.121. The first-order chi connectivity index (χ1) is 8.51. The molecule has 1 amide bonds. The third kappa shape index (κ3) is 4.83. The Morgan fingerprint density at radius 1 is 1.44 bits per heavy atom. The summed E-state index contributed by atoms with van der Waals surface area (Å²) in [6.45, 7) is 4.17. The lowest BCUT2D eigenvalue weighted by Gasteiger charge is -2.09. The van der Waals surface area contributed by atoms with Crippen molar-refractivity contribution in [2.75, 3.05) is 11.9 Å². The average Bonchev–Trinajstić information content (AvgIpc) is 2.27. The van der Waals surface area contributed by atoms with Crippen molar-refractivity contribution < 1.29 is 9.18 Å². The fourth-order valence-electron chi connectivity index (χ4n) is 1.47. The van der Waals surface area contributed by atoms with Gasteiger partial charge in [0.1, 0.15) is 5.82 Å². The van der Waals surface area contributed by atoms with Gasteiger partial charge in [0.05, 0.1) is 11.6 Å². The maximum absolute atomic E-state index is 13.1. The zero-order valence-corrected chi connectivity index (χ0v) is 10.5. The summed E-state index contributed by atoms with van der Waals surface area (Å²) in [5.41, 5.74) is 0.757. The first-order valence-electron chi connectivity index (χ1n) is 5.75. The van der Waals surface area contributed by atoms with Crippen molar-refractivity contribution in [2.45, 2.75) is 26.3 Å². The van der Waals surface area contributed by atoms with Gasteiger partial charge in [0, 0.05) is 24.7 Å². The van der Waals surface area contributed by atoms with Crippen LogP contribution in [-0.2, 0) is 4.79 Å². The molecule has 0 saturated carbocycles. The average molecular weight is 249 g/mol. The van der Waals surface area contributed by atoms with Crippen LogP contribution in [0.3, 0.4) is 0 Å². The third-order valence-electron chi connectivity index (χ3n) is 2.16. The SMILES string of the molecule is CC(C)NC(=O)CCNc1cc(F)cc(C#N)c1. The Labute approximate surface area is 106 Å². The van der Waals surface area contributed by atoms with E-state index in [0.29, 0.717) is 18.7 Å². The molecule has 2 N–H and O–H groups in total. The number of nitrogens with one attached hydrogen (secondary N) is 2. The van der Waals surface area contributed by atoms with E-state index < -0.39 is 5.82 Å². The number of carbonyl (C=O) groups is 1. The normalized spacial score (nSPS) is 9.94. The molecule has 0 aliphatic heterocycles. The molecule has 0 fully saturated rings. The highest BCUT2D eigenvalue weighted by molar-refractivity contribution is 5.76. The van der Waals surface area contributed by atoms with Crippen molar-refractivity contribution in [1.29, 1.82) is 5.26 Å². The fraction of sp³-hybridized carbons (Fsp3) is 0.385. The molecule has 5 heteroatoms. The number of benzene rings is 1. The second-order valence-electron chi connectivity index (χ2n) is 4.24. The maximum Gasteiger partial charge on any atom is 0.221 e. The minimum absolute atomic E-state index is 0.0607. The molecule has 0 aliphatic rings. The third-order valence-corrected chi connectivity index (χ3v) is 2.16. The molecular weight excluding hydrogens is 233 g/mol. The first kappa shape index (κ1) is 14.0. The summed E-state index contributed by atoms with van der Waals surface area (Å²) in [4.78, 5) is 11.4. The highest BCUT2D eigenvalue weighted by Gasteiger charge is 2.04. The quantitative estimate of drug-likeness (QED) is 0.839. The standard InChI is InChI=1S/C13H16FN3O/c1-9(2)17-13(18)3-4-16-12-6-10(8-15)5-11(14)7-12/h5-7,9,16H,3-4H2,1-2H3,(H,17,18). The summed E-state index contributed by atoms with van der Waals surface area (Å²) in [5.74, 6) is -0.530. The minimum Gasteiger partial charge on any atom is -0.384 e. The van der Waals surface area contributed by atoms with Crippen LogP contribution in [0.25, 0.3) is 0 Å². The summed E-state index contributed by atoms with van der Waals surface area (Å²) in [7, 11) is 0. The van der Waals surface area contributed by atoms with E-state index in [0.717, 1.165) is 6.07 Å². The molecule has 96 valence electrons. The number of hydrogen-bond acceptors (Lipinski definition) is 3. The van der Waals surface area contributed by atoms with Gasteiger partial charge >= 0.3 is 0 Å². The second-order valence-corrected chi connectivity index (χ2v) is 4.24. The van der Waals surface area contributed by atoms with Crippen LogP contribution in [-0.4, -0.2) is 18.5 Å². The zero-order valence-electron chi connectivity index (χ0n) is 10.5. The van der Waals surface area contributed by atoms with Gasteiger partial charge in [0.15, 0.2) is 0 Å². The topological polar surface area (TPSA) is 64.9 Å². The summed E-state index contributed by atoms with van der Waals surface area (Å²) in [6, 6.07) is 5.98. The summed E-state index contributed by atoms with van der Waals surface area (Å²) in [5, 5.41) is 14.4. The van der Waals surface area contributed by atoms with Crippen LogP contribution in [0.1, 0.15) is 25.8 Å². The van der Waals surface area contributed by atoms with Crippen molar-refractivity contribution in [3.8, 4) is 6.07 Å². The molecule has 0 saturated heterocycles. The van der Waals surface area contributed by atoms with Crippen LogP contribution in [0.15, 0.2) is 18.2 Å². The van der Waals surface area contributed by atoms with Gasteiger partial charge in [-0.15, -0.1) is 0 Å². The van der Waals surface area contributed by atoms with Gasteiger partial charge in [-0.1, -0.05) is 0 Å². The van der Waals surface area contributed by atoms with Gasteiger partial charge < -0.3 is 10.6 Å². The number of carbonyl (C=O) groups excluding carboxylic acids is 1. The molecule has 0 bridgehead atoms. The Kier molecular flexibility index (Phi) is 5.12. The Bertz CT molecular complexity index is 466. The fourth-order valence-corrected chi connectivity index (χ4v) is 1.47. The zero-order chi connectivity index (χ0) is 13.5. The largest absolute Gasteiger partial charge is 0.384 e. The molecule has 0 heterocycles. The monoisotopic (exact) mass is 249 g/mol. The first-order valence-corrected chi connectivity index (χ1v) is 5.75. The van der Waals surface area contributed by atoms with E-state index in [2.05, 4.69) is 10.6 Å². The molecule has 18 heavy (non-hydrogen) atoms. The lowest BCUT2D eigenvalue weighted by Crippen LogP contribution is -2.31. The molecule has 1 rings (SSSR count). The predicted octanol–water partition coefficient (Wildman–Crippen LogP) is 2.02. The van der Waals surface area contributed by atoms with Gasteiger partial charge in [-0.3, -0.25) is 4.79 Å². The summed E-state index contributed by atoms with van der Waals surface area (Å²) in [6.07, 6.45) is 0.302. The molecule has 1 aromatic rings. The van der Waals surface area contributed by atoms with E-state index >= 15 is 0 Å². The number of anilines is 1. The number of amides is 1. The lowest BCUT2D eigenvalue weighted by atomic mass is 10.2. The van der Waals surface area contributed by atoms with E-state index in [-0.39, 0.29) is 17.5 Å². The van der Waals surface area contributed by atoms with Crippen LogP contribution < -0.4 is 10.6 Å². The summed E-state index contributed by atoms with van der Waals surface area (Å²) < 4.78 is 13.1. The van der Waals surface area contributed by atoms with Crippen LogP contribution >= 0.6 is 0 Å². The van der Waals surface area contributed by atoms with E-state index in [1.54, 1.807) is 6.07 Å².